The quantitative estimate of drug-likeness (QED) is 0.602. The molecule has 0 bridgehead atoms. The molecule has 0 saturated carbocycles. The Balaban J connectivity index is 1.58. The fourth-order valence-corrected chi connectivity index (χ4v) is 4.56. The number of benzene rings is 2. The van der Waals surface area contributed by atoms with E-state index in [9.17, 15) is 14.4 Å². The van der Waals surface area contributed by atoms with E-state index in [1.54, 1.807) is 53.7 Å². The summed E-state index contributed by atoms with van der Waals surface area (Å²) >= 11 is 0. The number of ketones is 1. The van der Waals surface area contributed by atoms with Crippen molar-refractivity contribution in [2.45, 2.75) is 19.0 Å². The molecule has 0 spiro atoms. The van der Waals surface area contributed by atoms with Crippen LogP contribution in [0.25, 0.3) is 0 Å². The predicted molar refractivity (Wildman–Crippen MR) is 108 cm³/mol. The van der Waals surface area contributed by atoms with Crippen molar-refractivity contribution >= 4 is 29.5 Å². The van der Waals surface area contributed by atoms with Crippen molar-refractivity contribution in [2.75, 3.05) is 4.90 Å². The van der Waals surface area contributed by atoms with Crippen LogP contribution in [0, 0.1) is 18.8 Å². The number of hydrazone groups is 1. The Morgan fingerprint density at radius 3 is 2.34 bits per heavy atom. The van der Waals surface area contributed by atoms with Crippen molar-refractivity contribution < 1.29 is 14.4 Å². The third-order valence-electron chi connectivity index (χ3n) is 5.91. The molecule has 2 amide bonds. The third kappa shape index (κ3) is 2.56. The second kappa shape index (κ2) is 6.51. The molecule has 4 atom stereocenters. The zero-order valence-corrected chi connectivity index (χ0v) is 15.8. The molecule has 2 aromatic carbocycles. The molecule has 3 aliphatic heterocycles. The topological polar surface area (TPSA) is 70.1 Å². The first-order valence-electron chi connectivity index (χ1n) is 9.61. The van der Waals surface area contributed by atoms with Crippen LogP contribution in [-0.4, -0.2) is 40.9 Å². The van der Waals surface area contributed by atoms with E-state index in [0.29, 0.717) is 11.3 Å². The monoisotopic (exact) mass is 385 g/mol. The summed E-state index contributed by atoms with van der Waals surface area (Å²) in [5.41, 5.74) is 2.09. The van der Waals surface area contributed by atoms with Crippen LogP contribution in [0.2, 0.25) is 0 Å². The molecule has 0 aromatic heterocycles. The first-order chi connectivity index (χ1) is 14.1. The first-order valence-corrected chi connectivity index (χ1v) is 9.61. The van der Waals surface area contributed by atoms with Crippen molar-refractivity contribution in [2.24, 2.45) is 16.9 Å². The molecule has 29 heavy (non-hydrogen) atoms. The summed E-state index contributed by atoms with van der Waals surface area (Å²) in [6.45, 7) is 1.95. The highest BCUT2D eigenvalue weighted by molar-refractivity contribution is 6.24. The number of imide groups is 1. The standard InChI is InChI=1S/C23H19N3O3/c1-14-9-11-16(12-10-14)25-22(28)18-17-8-5-13-24-26(17)20(19(18)23(25)29)21(27)15-6-3-2-4-7-15/h2-13,17-20H,1H3. The third-order valence-corrected chi connectivity index (χ3v) is 5.91. The van der Waals surface area contributed by atoms with Gasteiger partial charge in [0, 0.05) is 11.8 Å². The summed E-state index contributed by atoms with van der Waals surface area (Å²) in [5.74, 6) is -2.20. The smallest absolute Gasteiger partial charge is 0.240 e. The zero-order chi connectivity index (χ0) is 20.1. The summed E-state index contributed by atoms with van der Waals surface area (Å²) in [6, 6.07) is 14.9. The van der Waals surface area contributed by atoms with Crippen LogP contribution in [0.1, 0.15) is 15.9 Å². The average molecular weight is 385 g/mol. The highest BCUT2D eigenvalue weighted by Crippen LogP contribution is 2.46. The number of fused-ring (bicyclic) bond motifs is 3. The number of hydrogen-bond acceptors (Lipinski definition) is 5. The van der Waals surface area contributed by atoms with Crippen LogP contribution in [-0.2, 0) is 9.59 Å². The van der Waals surface area contributed by atoms with Crippen molar-refractivity contribution in [1.82, 2.24) is 5.01 Å². The number of aryl methyl sites for hydroxylation is 1. The molecule has 3 aliphatic rings. The van der Waals surface area contributed by atoms with Crippen molar-refractivity contribution in [3.63, 3.8) is 0 Å². The minimum Gasteiger partial charge on any atom is -0.292 e. The molecular weight excluding hydrogens is 366 g/mol. The Morgan fingerprint density at radius 2 is 1.62 bits per heavy atom. The van der Waals surface area contributed by atoms with Crippen molar-refractivity contribution in [3.05, 3.63) is 77.9 Å². The second-order valence-electron chi connectivity index (χ2n) is 7.59. The van der Waals surface area contributed by atoms with Crippen LogP contribution >= 0.6 is 0 Å². The largest absolute Gasteiger partial charge is 0.292 e. The number of allylic oxidation sites excluding steroid dienone is 1. The number of carbonyl (C=O) groups is 3. The van der Waals surface area contributed by atoms with Gasteiger partial charge in [-0.15, -0.1) is 0 Å². The van der Waals surface area contributed by atoms with Gasteiger partial charge >= 0.3 is 0 Å². The Labute approximate surface area is 168 Å². The van der Waals surface area contributed by atoms with Crippen molar-refractivity contribution in [1.29, 1.82) is 0 Å². The van der Waals surface area contributed by atoms with Crippen LogP contribution in [0.3, 0.4) is 0 Å². The lowest BCUT2D eigenvalue weighted by Crippen LogP contribution is -2.46. The fraction of sp³-hybridized carbons (Fsp3) is 0.217. The summed E-state index contributed by atoms with van der Waals surface area (Å²) in [5, 5.41) is 5.99. The van der Waals surface area contributed by atoms with Gasteiger partial charge in [-0.05, 0) is 25.1 Å². The van der Waals surface area contributed by atoms with Crippen LogP contribution in [0.4, 0.5) is 5.69 Å². The van der Waals surface area contributed by atoms with Gasteiger partial charge in [-0.1, -0.05) is 54.1 Å². The Hall–Kier alpha value is -3.54. The number of hydrogen-bond donors (Lipinski definition) is 0. The summed E-state index contributed by atoms with van der Waals surface area (Å²) in [6.07, 6.45) is 5.21. The molecule has 3 heterocycles. The number of rotatable bonds is 3. The maximum Gasteiger partial charge on any atom is 0.240 e. The van der Waals surface area contributed by atoms with Gasteiger partial charge in [-0.3, -0.25) is 19.4 Å². The lowest BCUT2D eigenvalue weighted by atomic mass is 9.86. The van der Waals surface area contributed by atoms with E-state index in [1.807, 2.05) is 31.2 Å². The molecule has 2 fully saturated rings. The maximum atomic E-state index is 13.4. The number of carbonyl (C=O) groups excluding carboxylic acids is 3. The number of nitrogens with zero attached hydrogens (tertiary/aromatic N) is 3. The molecule has 6 heteroatoms. The Kier molecular flexibility index (Phi) is 3.94. The van der Waals surface area contributed by atoms with E-state index in [0.717, 1.165) is 5.56 Å². The number of anilines is 1. The second-order valence-corrected chi connectivity index (χ2v) is 7.59. The van der Waals surface area contributed by atoms with Gasteiger partial charge in [0.05, 0.1) is 23.6 Å². The summed E-state index contributed by atoms with van der Waals surface area (Å²) in [7, 11) is 0. The molecule has 0 radical (unpaired) electrons. The van der Waals surface area contributed by atoms with Gasteiger partial charge < -0.3 is 0 Å². The molecule has 4 unspecified atom stereocenters. The van der Waals surface area contributed by atoms with Crippen LogP contribution in [0.15, 0.2) is 71.9 Å². The highest BCUT2D eigenvalue weighted by Gasteiger charge is 2.64. The maximum absolute atomic E-state index is 13.4. The lowest BCUT2D eigenvalue weighted by Gasteiger charge is -2.30. The number of amides is 2. The van der Waals surface area contributed by atoms with Gasteiger partial charge in [0.2, 0.25) is 11.8 Å². The van der Waals surface area contributed by atoms with Crippen LogP contribution in [0.5, 0.6) is 0 Å². The van der Waals surface area contributed by atoms with E-state index in [-0.39, 0.29) is 17.6 Å². The SMILES string of the molecule is Cc1ccc(N2C(=O)C3C(C2=O)C(C(=O)c2ccccc2)N2N=CC=CC32)cc1. The fourth-order valence-electron chi connectivity index (χ4n) is 4.56. The zero-order valence-electron chi connectivity index (χ0n) is 15.8. The minimum absolute atomic E-state index is 0.192. The molecule has 6 nitrogen and oxygen atoms in total. The molecule has 0 N–H and O–H groups in total. The molecule has 0 aliphatic carbocycles. The van der Waals surface area contributed by atoms with E-state index >= 15 is 0 Å². The predicted octanol–water partition coefficient (Wildman–Crippen LogP) is 2.59. The lowest BCUT2D eigenvalue weighted by molar-refractivity contribution is -0.123. The van der Waals surface area contributed by atoms with Gasteiger partial charge in [0.15, 0.2) is 5.78 Å². The molecule has 2 saturated heterocycles. The van der Waals surface area contributed by atoms with E-state index in [1.165, 1.54) is 4.90 Å². The van der Waals surface area contributed by atoms with E-state index < -0.39 is 23.9 Å². The van der Waals surface area contributed by atoms with E-state index in [2.05, 4.69) is 5.10 Å². The molecular formula is C23H19N3O3. The average Bonchev–Trinajstić information content (AvgIpc) is 3.22. The molecule has 2 aromatic rings. The summed E-state index contributed by atoms with van der Waals surface area (Å²) < 4.78 is 0. The molecule has 5 rings (SSSR count). The van der Waals surface area contributed by atoms with Gasteiger partial charge in [-0.25, -0.2) is 4.90 Å². The van der Waals surface area contributed by atoms with Gasteiger partial charge in [0.1, 0.15) is 6.04 Å². The van der Waals surface area contributed by atoms with Gasteiger partial charge in [-0.2, -0.15) is 5.10 Å². The van der Waals surface area contributed by atoms with E-state index in [4.69, 9.17) is 0 Å². The minimum atomic E-state index is -0.805. The van der Waals surface area contributed by atoms with Gasteiger partial charge in [0.25, 0.3) is 0 Å². The normalized spacial score (nSPS) is 27.3. The Morgan fingerprint density at radius 1 is 0.931 bits per heavy atom. The first kappa shape index (κ1) is 17.6. The Bertz CT molecular complexity index is 1060. The highest BCUT2D eigenvalue weighted by atomic mass is 16.2. The summed E-state index contributed by atoms with van der Waals surface area (Å²) in [4.78, 5) is 41.3. The molecule has 144 valence electrons. The van der Waals surface area contributed by atoms with Crippen LogP contribution < -0.4 is 4.90 Å². The van der Waals surface area contributed by atoms with Crippen molar-refractivity contribution in [3.8, 4) is 0 Å². The number of Topliss-reactive ketones (excluding diaryl/α,β-unsaturated/α-hetero) is 1.